The van der Waals surface area contributed by atoms with Crippen LogP contribution in [-0.2, 0) is 0 Å². The zero-order valence-electron chi connectivity index (χ0n) is 32.1. The summed E-state index contributed by atoms with van der Waals surface area (Å²) in [4.78, 5) is 2.39. The lowest BCUT2D eigenvalue weighted by atomic mass is 9.98. The predicted molar refractivity (Wildman–Crippen MR) is 246 cm³/mol. The van der Waals surface area contributed by atoms with Gasteiger partial charge >= 0.3 is 0 Å². The summed E-state index contributed by atoms with van der Waals surface area (Å²) in [6, 6.07) is 76.2. The van der Waals surface area contributed by atoms with E-state index in [1.54, 1.807) is 0 Å². The highest BCUT2D eigenvalue weighted by molar-refractivity contribution is 6.16. The zero-order valence-corrected chi connectivity index (χ0v) is 32.1. The average Bonchev–Trinajstić information content (AvgIpc) is 4.00. The van der Waals surface area contributed by atoms with E-state index in [1.807, 2.05) is 0 Å². The van der Waals surface area contributed by atoms with Crippen molar-refractivity contribution in [2.24, 2.45) is 0 Å². The SMILES string of the molecule is c1ccc(-c2ccc3c(c2)c2cc(-c4ccccc4)ccc2n3-c2cccc3c2oc2cccc(-c4ccc(N5c6ccccc6NC5c5ccccc5)cc4)c23)cc1. The molecule has 12 rings (SSSR count). The Morgan fingerprint density at radius 2 is 1.00 bits per heavy atom. The van der Waals surface area contributed by atoms with Crippen LogP contribution in [0.3, 0.4) is 0 Å². The molecule has 1 aliphatic rings. The minimum Gasteiger partial charge on any atom is -0.454 e. The normalized spacial score (nSPS) is 13.7. The standard InChI is InChI=1S/C55H37N3O/c1-4-14-36(15-5-1)40-28-32-48-45(34-40)46-35-41(37-16-6-2-7-17-37)29-33-49(46)58(48)51-24-12-21-44-53-43(20-13-25-52(53)59-54(44)51)38-26-30-42(31-27-38)57-50-23-11-10-22-47(50)56-55(57)39-18-8-3-9-19-39/h1-35,55-56H. The van der Waals surface area contributed by atoms with Gasteiger partial charge in [0.2, 0.25) is 0 Å². The second-order valence-corrected chi connectivity index (χ2v) is 15.4. The van der Waals surface area contributed by atoms with E-state index >= 15 is 0 Å². The maximum absolute atomic E-state index is 6.92. The Labute approximate surface area is 341 Å². The molecule has 278 valence electrons. The van der Waals surface area contributed by atoms with Gasteiger partial charge < -0.3 is 19.2 Å². The Bertz CT molecular complexity index is 3250. The molecule has 3 heterocycles. The molecular weight excluding hydrogens is 719 g/mol. The first-order valence-corrected chi connectivity index (χ1v) is 20.2. The molecule has 0 amide bonds. The second kappa shape index (κ2) is 13.4. The number of rotatable bonds is 6. The fourth-order valence-electron chi connectivity index (χ4n) is 9.27. The lowest BCUT2D eigenvalue weighted by Gasteiger charge is -2.27. The van der Waals surface area contributed by atoms with Gasteiger partial charge in [0.1, 0.15) is 11.7 Å². The Kier molecular flexibility index (Phi) is 7.57. The number of nitrogens with zero attached hydrogens (tertiary/aromatic N) is 2. The van der Waals surface area contributed by atoms with Crippen molar-refractivity contribution in [2.45, 2.75) is 6.17 Å². The molecular formula is C55H37N3O. The topological polar surface area (TPSA) is 33.3 Å². The van der Waals surface area contributed by atoms with Crippen molar-refractivity contribution in [1.82, 2.24) is 4.57 Å². The number of furan rings is 1. The fourth-order valence-corrected chi connectivity index (χ4v) is 9.27. The first-order chi connectivity index (χ1) is 29.3. The summed E-state index contributed by atoms with van der Waals surface area (Å²) in [5.41, 5.74) is 16.8. The maximum atomic E-state index is 6.92. The lowest BCUT2D eigenvalue weighted by molar-refractivity contribution is 0.666. The van der Waals surface area contributed by atoms with Gasteiger partial charge in [0.05, 0.1) is 28.1 Å². The fraction of sp³-hybridized carbons (Fsp3) is 0.0182. The van der Waals surface area contributed by atoms with Gasteiger partial charge in [-0.15, -0.1) is 0 Å². The van der Waals surface area contributed by atoms with E-state index < -0.39 is 0 Å². The predicted octanol–water partition coefficient (Wildman–Crippen LogP) is 14.9. The number of fused-ring (bicyclic) bond motifs is 7. The third-order valence-corrected chi connectivity index (χ3v) is 12.0. The number of benzene rings is 9. The van der Waals surface area contributed by atoms with Gasteiger partial charge in [-0.05, 0) is 99.6 Å². The van der Waals surface area contributed by atoms with Crippen LogP contribution in [0.15, 0.2) is 217 Å². The van der Waals surface area contributed by atoms with Crippen molar-refractivity contribution >= 4 is 60.8 Å². The minimum atomic E-state index is -0.00479. The van der Waals surface area contributed by atoms with Crippen LogP contribution in [0, 0.1) is 0 Å². The maximum Gasteiger partial charge on any atom is 0.159 e. The van der Waals surface area contributed by atoms with Crippen molar-refractivity contribution in [2.75, 3.05) is 10.2 Å². The van der Waals surface area contributed by atoms with Crippen molar-refractivity contribution in [3.8, 4) is 39.1 Å². The summed E-state index contributed by atoms with van der Waals surface area (Å²) in [5, 5.41) is 8.38. The molecule has 0 saturated carbocycles. The highest BCUT2D eigenvalue weighted by Gasteiger charge is 2.31. The van der Waals surface area contributed by atoms with Crippen LogP contribution in [0.1, 0.15) is 11.7 Å². The molecule has 0 spiro atoms. The largest absolute Gasteiger partial charge is 0.454 e. The van der Waals surface area contributed by atoms with Crippen LogP contribution < -0.4 is 10.2 Å². The molecule has 9 aromatic carbocycles. The number of anilines is 3. The number of para-hydroxylation sites is 3. The van der Waals surface area contributed by atoms with Gasteiger partial charge in [0, 0.05) is 27.2 Å². The van der Waals surface area contributed by atoms with Crippen molar-refractivity contribution in [3.05, 3.63) is 218 Å². The minimum absolute atomic E-state index is 0.00479. The quantitative estimate of drug-likeness (QED) is 0.183. The van der Waals surface area contributed by atoms with Gasteiger partial charge in [0.25, 0.3) is 0 Å². The van der Waals surface area contributed by atoms with Gasteiger partial charge in [0.15, 0.2) is 5.58 Å². The zero-order chi connectivity index (χ0) is 38.9. The van der Waals surface area contributed by atoms with E-state index in [-0.39, 0.29) is 6.17 Å². The average molecular weight is 756 g/mol. The molecule has 59 heavy (non-hydrogen) atoms. The molecule has 1 atom stereocenters. The third-order valence-electron chi connectivity index (χ3n) is 12.0. The number of nitrogens with one attached hydrogen (secondary N) is 1. The van der Waals surface area contributed by atoms with Crippen LogP contribution in [0.4, 0.5) is 17.1 Å². The van der Waals surface area contributed by atoms with Gasteiger partial charge in [-0.2, -0.15) is 0 Å². The van der Waals surface area contributed by atoms with E-state index in [0.717, 1.165) is 61.2 Å². The van der Waals surface area contributed by atoms with Crippen molar-refractivity contribution < 1.29 is 4.42 Å². The molecule has 4 nitrogen and oxygen atoms in total. The number of hydrogen-bond donors (Lipinski definition) is 1. The summed E-state index contributed by atoms with van der Waals surface area (Å²) in [7, 11) is 0. The lowest BCUT2D eigenvalue weighted by Crippen LogP contribution is -2.23. The molecule has 0 fully saturated rings. The van der Waals surface area contributed by atoms with Crippen LogP contribution >= 0.6 is 0 Å². The van der Waals surface area contributed by atoms with Gasteiger partial charge in [-0.1, -0.05) is 152 Å². The van der Waals surface area contributed by atoms with E-state index in [4.69, 9.17) is 4.42 Å². The molecule has 0 aliphatic carbocycles. The Morgan fingerprint density at radius 3 is 1.68 bits per heavy atom. The number of aromatic nitrogens is 1. The Morgan fingerprint density at radius 1 is 0.424 bits per heavy atom. The van der Waals surface area contributed by atoms with Crippen LogP contribution in [0.25, 0.3) is 82.8 Å². The van der Waals surface area contributed by atoms with Crippen molar-refractivity contribution in [1.29, 1.82) is 0 Å². The highest BCUT2D eigenvalue weighted by Crippen LogP contribution is 2.47. The van der Waals surface area contributed by atoms with E-state index in [1.165, 1.54) is 44.3 Å². The summed E-state index contributed by atoms with van der Waals surface area (Å²) in [6.07, 6.45) is -0.00479. The van der Waals surface area contributed by atoms with E-state index in [9.17, 15) is 0 Å². The first-order valence-electron chi connectivity index (χ1n) is 20.2. The Balaban J connectivity index is 1.00. The molecule has 11 aromatic rings. The highest BCUT2D eigenvalue weighted by atomic mass is 16.3. The summed E-state index contributed by atoms with van der Waals surface area (Å²) >= 11 is 0. The smallest absolute Gasteiger partial charge is 0.159 e. The Hall–Kier alpha value is -7.82. The van der Waals surface area contributed by atoms with Crippen molar-refractivity contribution in [3.63, 3.8) is 0 Å². The third kappa shape index (κ3) is 5.38. The monoisotopic (exact) mass is 755 g/mol. The molecule has 1 aliphatic heterocycles. The van der Waals surface area contributed by atoms with Gasteiger partial charge in [-0.3, -0.25) is 0 Å². The summed E-state index contributed by atoms with van der Waals surface area (Å²) in [6.45, 7) is 0. The first kappa shape index (κ1) is 33.3. The van der Waals surface area contributed by atoms with Crippen LogP contribution in [0.2, 0.25) is 0 Å². The van der Waals surface area contributed by atoms with Crippen LogP contribution in [-0.4, -0.2) is 4.57 Å². The number of hydrogen-bond acceptors (Lipinski definition) is 3. The van der Waals surface area contributed by atoms with Gasteiger partial charge in [-0.25, -0.2) is 0 Å². The molecule has 0 radical (unpaired) electrons. The van der Waals surface area contributed by atoms with Crippen LogP contribution in [0.5, 0.6) is 0 Å². The molecule has 0 saturated heterocycles. The molecule has 1 unspecified atom stereocenters. The van der Waals surface area contributed by atoms with E-state index in [2.05, 4.69) is 227 Å². The summed E-state index contributed by atoms with van der Waals surface area (Å²) in [5.74, 6) is 0. The van der Waals surface area contributed by atoms with E-state index in [0.29, 0.717) is 0 Å². The summed E-state index contributed by atoms with van der Waals surface area (Å²) < 4.78 is 9.31. The molecule has 2 aromatic heterocycles. The second-order valence-electron chi connectivity index (χ2n) is 15.4. The molecule has 4 heteroatoms. The molecule has 1 N–H and O–H groups in total. The molecule has 0 bridgehead atoms.